The van der Waals surface area contributed by atoms with E-state index in [2.05, 4.69) is 190 Å². The van der Waals surface area contributed by atoms with Gasteiger partial charge in [-0.3, -0.25) is 0 Å². The molecule has 15 atom stereocenters. The lowest BCUT2D eigenvalue weighted by atomic mass is 9.20. The number of carboxylic acid groups (broad SMARTS) is 3. The number of nitrogens with zero attached hydrogens (tertiary/aromatic N) is 3. The molecule has 5 aliphatic heterocycles. The Balaban J connectivity index is 0.607. The Morgan fingerprint density at radius 1 is 0.323 bits per heavy atom. The van der Waals surface area contributed by atoms with Crippen molar-refractivity contribution in [3.05, 3.63) is 201 Å². The second-order valence-corrected chi connectivity index (χ2v) is 46.2. The van der Waals surface area contributed by atoms with E-state index in [4.69, 9.17) is 47.4 Å². The number of aromatic hydroxyl groups is 2. The van der Waals surface area contributed by atoms with E-state index in [1.165, 1.54) is 0 Å². The fourth-order valence-corrected chi connectivity index (χ4v) is 32.9. The Morgan fingerprint density at radius 3 is 0.977 bits per heavy atom. The molecule has 21 nitrogen and oxygen atoms in total. The van der Waals surface area contributed by atoms with Crippen LogP contribution in [0.5, 0.6) is 74.7 Å². The van der Waals surface area contributed by atoms with Crippen molar-refractivity contribution in [2.45, 2.75) is 350 Å². The van der Waals surface area contributed by atoms with E-state index >= 15 is 4.79 Å². The standard InChI is InChI=1S/C112H117N3O18/c1-23-103(21)84-79(94(118)119)92-93(80(95(120)121)85(84)104(103,22)24-2)130-74-40-64-58(35-71(74)129-92)100(15,16)49-107(64)51-102(19,20)60-37-77-78(42-66(60)107)133-111(29-7)109(27-5)82-52(43-113)89-91(81(96(122)123)86(82)110(109,28-6)112(111,30-8)132-77)128-73-39-63-57(34-70(73)126-89)99(13,14)48-106(63)50-101(17,18)59-36-76-75(41-65(59)106)124-87-54(45-115)90-88(53(44-114)83(87)108(25-3,26-4)131-76)125-72-38-62-56(33-69(72)127-90)98(11,12)47-105(62)46-97(9,10)55-31-67(116)68(117)32-61(55)105/h31-42,69-74,116-117H,23-30,46-51H2,1-22H3,(H,118,119)(H,120,121)(H,122,123). The molecule has 5 heterocycles. The number of fused-ring (bicyclic) bond motifs is 29. The topological polar surface area (TPSA) is 316 Å². The number of nitriles is 3. The summed E-state index contributed by atoms with van der Waals surface area (Å²) < 4.78 is 74.1. The Bertz CT molecular complexity index is 6910. The third kappa shape index (κ3) is 9.34. The van der Waals surface area contributed by atoms with E-state index in [-0.39, 0.29) is 96.0 Å². The number of phenols is 2. The van der Waals surface area contributed by atoms with Gasteiger partial charge in [0.2, 0.25) is 0 Å². The fraction of sp³-hybridized carbons (Fsp3) is 0.518. The summed E-state index contributed by atoms with van der Waals surface area (Å²) in [5.41, 5.74) is 3.40. The number of phenolic OH excluding ortho intramolecular Hbond substituents is 2. The number of hydrogen-bond donors (Lipinski definition) is 5. The predicted octanol–water partition coefficient (Wildman–Crippen LogP) is 22.7. The lowest BCUT2D eigenvalue weighted by Gasteiger charge is -2.86. The van der Waals surface area contributed by atoms with E-state index < -0.39 is 131 Å². The van der Waals surface area contributed by atoms with Crippen LogP contribution in [0.15, 0.2) is 106 Å². The summed E-state index contributed by atoms with van der Waals surface area (Å²) in [6.07, 6.45) is 15.6. The number of hydrogen-bond acceptors (Lipinski definition) is 18. The molecule has 17 aliphatic rings. The van der Waals surface area contributed by atoms with Crippen molar-refractivity contribution in [1.29, 1.82) is 15.8 Å². The van der Waals surface area contributed by atoms with Gasteiger partial charge in [0.25, 0.3) is 0 Å². The summed E-state index contributed by atoms with van der Waals surface area (Å²) in [6.45, 7) is 47.3. The third-order valence-electron chi connectivity index (χ3n) is 37.8. The minimum Gasteiger partial charge on any atom is -0.504 e. The molecular formula is C112H117N3O18. The van der Waals surface area contributed by atoms with Crippen molar-refractivity contribution >= 4 is 17.9 Å². The molecule has 5 N–H and O–H groups in total. The van der Waals surface area contributed by atoms with Gasteiger partial charge in [-0.15, -0.1) is 0 Å². The molecule has 23 rings (SSSR count). The van der Waals surface area contributed by atoms with Crippen LogP contribution < -0.4 is 47.4 Å². The molecule has 133 heavy (non-hydrogen) atoms. The lowest BCUT2D eigenvalue weighted by Crippen LogP contribution is -2.98. The zero-order valence-electron chi connectivity index (χ0n) is 80.2. The highest BCUT2D eigenvalue weighted by atomic mass is 16.6. The Kier molecular flexibility index (Phi) is 16.5. The van der Waals surface area contributed by atoms with E-state index in [9.17, 15) is 50.9 Å². The Labute approximate surface area is 776 Å². The summed E-state index contributed by atoms with van der Waals surface area (Å²) in [5.74, 6) is -1.75. The number of carbonyl (C=O) groups is 3. The van der Waals surface area contributed by atoms with E-state index in [1.54, 1.807) is 12.1 Å². The molecule has 4 saturated carbocycles. The molecule has 4 fully saturated rings. The van der Waals surface area contributed by atoms with Gasteiger partial charge in [0.1, 0.15) is 57.2 Å². The fourth-order valence-electron chi connectivity index (χ4n) is 32.9. The van der Waals surface area contributed by atoms with Crippen molar-refractivity contribution in [2.75, 3.05) is 0 Å². The zero-order valence-corrected chi connectivity index (χ0v) is 80.2. The quantitative estimate of drug-likeness (QED) is 0.0753. The van der Waals surface area contributed by atoms with Crippen LogP contribution in [0.25, 0.3) is 0 Å². The van der Waals surface area contributed by atoms with Crippen LogP contribution in [0.2, 0.25) is 0 Å². The highest BCUT2D eigenvalue weighted by Crippen LogP contribution is 2.87. The minimum absolute atomic E-state index is 0.0102. The largest absolute Gasteiger partial charge is 0.504 e. The highest BCUT2D eigenvalue weighted by molar-refractivity contribution is 6.05. The van der Waals surface area contributed by atoms with Crippen LogP contribution in [0.1, 0.15) is 351 Å². The molecule has 688 valence electrons. The van der Waals surface area contributed by atoms with Crippen molar-refractivity contribution < 1.29 is 87.3 Å². The number of rotatable bonds is 11. The maximum absolute atomic E-state index is 15.1. The minimum atomic E-state index is -1.23. The van der Waals surface area contributed by atoms with Crippen molar-refractivity contribution in [1.82, 2.24) is 0 Å². The summed E-state index contributed by atoms with van der Waals surface area (Å²) in [7, 11) is 0. The van der Waals surface area contributed by atoms with Crippen molar-refractivity contribution in [3.63, 3.8) is 0 Å². The van der Waals surface area contributed by atoms with E-state index in [0.29, 0.717) is 141 Å². The molecule has 0 aromatic heterocycles. The van der Waals surface area contributed by atoms with Gasteiger partial charge < -0.3 is 72.9 Å². The van der Waals surface area contributed by atoms with Crippen molar-refractivity contribution in [3.8, 4) is 93.0 Å². The molecule has 6 aromatic rings. The van der Waals surface area contributed by atoms with Gasteiger partial charge in [-0.1, -0.05) is 152 Å². The average Bonchev–Trinajstić information content (AvgIpc) is 0.717. The molecule has 6 aromatic carbocycles. The van der Waals surface area contributed by atoms with Crippen LogP contribution in [0.4, 0.5) is 0 Å². The first kappa shape index (κ1) is 85.4. The second kappa shape index (κ2) is 25.6. The predicted molar refractivity (Wildman–Crippen MR) is 495 cm³/mol. The first-order valence-electron chi connectivity index (χ1n) is 48.3. The van der Waals surface area contributed by atoms with Gasteiger partial charge in [0.05, 0.1) is 16.4 Å². The maximum atomic E-state index is 15.1. The summed E-state index contributed by atoms with van der Waals surface area (Å²) in [4.78, 5) is 42.6. The van der Waals surface area contributed by atoms with E-state index in [1.807, 2.05) is 41.5 Å². The molecular weight excluding hydrogens is 1680 g/mol. The Hall–Kier alpha value is -11.8. The molecule has 0 radical (unpaired) electrons. The van der Waals surface area contributed by atoms with Gasteiger partial charge in [-0.25, -0.2) is 14.4 Å². The third-order valence-corrected chi connectivity index (χ3v) is 37.8. The van der Waals surface area contributed by atoms with E-state index in [0.717, 1.165) is 66.8 Å². The lowest BCUT2D eigenvalue weighted by molar-refractivity contribution is -0.345. The summed E-state index contributed by atoms with van der Waals surface area (Å²) in [5, 5.41) is 92.5. The maximum Gasteiger partial charge on any atom is 0.339 e. The van der Waals surface area contributed by atoms with Gasteiger partial charge in [0, 0.05) is 27.1 Å². The number of ether oxygens (including phenoxy) is 10. The normalized spacial score (nSPS) is 33.8. The zero-order chi connectivity index (χ0) is 94.6. The SMILES string of the molecule is CCC1(CC)Oc2cc3c(cc2Oc2c(C#N)c4c(c(C#N)c21)OC1C=C2C(=CC1O4)C(C)(C)CC21CC(C)(C)c2cc(O)c(O)cc21)C1(CC(C)(C)C2=CC4Oc5c(C#N)c6c(c(C(=O)O)c5OC4C=C21)C1(CC)C2(CC)Oc4cc5c(cc4OC2(CC)C61CC)C1(CC(C)(C)C2=CC4Oc6c(c(C(=O)O)c7c(c6C(=O)O)C(C)(CC)C7(C)CC)OC4C=C21)CC5(C)C)CC3(C)C. The summed E-state index contributed by atoms with van der Waals surface area (Å²) >= 11 is 0. The number of aromatic carboxylic acids is 3. The van der Waals surface area contributed by atoms with Crippen LogP contribution >= 0.6 is 0 Å². The monoisotopic (exact) mass is 1790 g/mol. The summed E-state index contributed by atoms with van der Waals surface area (Å²) in [6, 6.07) is 19.7. The first-order valence-corrected chi connectivity index (χ1v) is 48.3. The number of carboxylic acids is 3. The highest BCUT2D eigenvalue weighted by Gasteiger charge is 2.96. The molecule has 0 saturated heterocycles. The molecule has 0 amide bonds. The molecule has 3 spiro atoms. The number of allylic oxidation sites excluding steroid dienone is 6. The second-order valence-electron chi connectivity index (χ2n) is 46.2. The van der Waals surface area contributed by atoms with Crippen LogP contribution in [0.3, 0.4) is 0 Å². The van der Waals surface area contributed by atoms with Crippen molar-refractivity contribution in [2.24, 2.45) is 16.2 Å². The first-order chi connectivity index (χ1) is 62.6. The van der Waals surface area contributed by atoms with Gasteiger partial charge in [-0.05, 0) is 284 Å². The molecule has 12 aliphatic carbocycles. The average molecular weight is 1790 g/mol. The van der Waals surface area contributed by atoms with Crippen LogP contribution in [-0.2, 0) is 59.8 Å². The Morgan fingerprint density at radius 2 is 0.617 bits per heavy atom. The molecule has 15 unspecified atom stereocenters. The van der Waals surface area contributed by atoms with Gasteiger partial charge in [0.15, 0.2) is 123 Å². The van der Waals surface area contributed by atoms with Crippen LogP contribution in [0, 0.1) is 50.2 Å². The molecule has 0 bridgehead atoms. The van der Waals surface area contributed by atoms with Gasteiger partial charge in [-0.2, -0.15) is 15.8 Å². The number of benzene rings is 6. The smallest absolute Gasteiger partial charge is 0.339 e. The van der Waals surface area contributed by atoms with Gasteiger partial charge >= 0.3 is 17.9 Å². The van der Waals surface area contributed by atoms with Crippen LogP contribution in [-0.4, -0.2) is 91.3 Å². The molecule has 21 heteroatoms.